The summed E-state index contributed by atoms with van der Waals surface area (Å²) in [5.41, 5.74) is 2.29. The highest BCUT2D eigenvalue weighted by Crippen LogP contribution is 2.18. The van der Waals surface area contributed by atoms with Crippen LogP contribution in [0.1, 0.15) is 35.0 Å². The zero-order valence-corrected chi connectivity index (χ0v) is 16.9. The molecule has 0 aliphatic rings. The van der Waals surface area contributed by atoms with Crippen molar-refractivity contribution in [3.8, 4) is 0 Å². The normalized spacial score (nSPS) is 10.7. The SMILES string of the molecule is CCCN(Cc1cccn1Cc1cccc(Cl)c1)C(=O)c1cccc([N+](=O)[O-])c1. The first-order chi connectivity index (χ1) is 14.0. The molecule has 2 aromatic carbocycles. The van der Waals surface area contributed by atoms with Crippen LogP contribution in [-0.4, -0.2) is 26.8 Å². The summed E-state index contributed by atoms with van der Waals surface area (Å²) in [5, 5.41) is 11.7. The van der Waals surface area contributed by atoms with Gasteiger partial charge in [0.1, 0.15) is 0 Å². The summed E-state index contributed by atoms with van der Waals surface area (Å²) < 4.78 is 2.08. The monoisotopic (exact) mass is 411 g/mol. The van der Waals surface area contributed by atoms with Gasteiger partial charge in [-0.3, -0.25) is 14.9 Å². The summed E-state index contributed by atoms with van der Waals surface area (Å²) in [4.78, 5) is 25.3. The number of hydrogen-bond donors (Lipinski definition) is 0. The van der Waals surface area contributed by atoms with E-state index < -0.39 is 4.92 Å². The fraction of sp³-hybridized carbons (Fsp3) is 0.227. The van der Waals surface area contributed by atoms with Crippen LogP contribution in [0.4, 0.5) is 5.69 Å². The summed E-state index contributed by atoms with van der Waals surface area (Å²) in [5.74, 6) is -0.217. The molecule has 0 aliphatic heterocycles. The van der Waals surface area contributed by atoms with Crippen molar-refractivity contribution in [3.63, 3.8) is 0 Å². The van der Waals surface area contributed by atoms with E-state index in [4.69, 9.17) is 11.6 Å². The highest BCUT2D eigenvalue weighted by Gasteiger charge is 2.19. The van der Waals surface area contributed by atoms with E-state index in [1.54, 1.807) is 11.0 Å². The number of hydrogen-bond acceptors (Lipinski definition) is 3. The molecule has 6 nitrogen and oxygen atoms in total. The van der Waals surface area contributed by atoms with E-state index >= 15 is 0 Å². The van der Waals surface area contributed by atoms with Gasteiger partial charge >= 0.3 is 0 Å². The smallest absolute Gasteiger partial charge is 0.270 e. The quantitative estimate of drug-likeness (QED) is 0.380. The van der Waals surface area contributed by atoms with Gasteiger partial charge in [-0.1, -0.05) is 36.7 Å². The molecular weight excluding hydrogens is 390 g/mol. The molecule has 7 heteroatoms. The lowest BCUT2D eigenvalue weighted by molar-refractivity contribution is -0.384. The maximum absolute atomic E-state index is 13.0. The Morgan fingerprint density at radius 2 is 1.93 bits per heavy atom. The third-order valence-corrected chi connectivity index (χ3v) is 4.84. The molecule has 0 unspecified atom stereocenters. The molecular formula is C22H22ClN3O3. The first-order valence-corrected chi connectivity index (χ1v) is 9.78. The molecule has 1 heterocycles. The van der Waals surface area contributed by atoms with E-state index in [1.165, 1.54) is 18.2 Å². The molecule has 0 aliphatic carbocycles. The maximum Gasteiger partial charge on any atom is 0.270 e. The summed E-state index contributed by atoms with van der Waals surface area (Å²) in [6.07, 6.45) is 2.76. The molecule has 3 aromatic rings. The van der Waals surface area contributed by atoms with E-state index in [0.29, 0.717) is 30.2 Å². The molecule has 0 radical (unpaired) electrons. The van der Waals surface area contributed by atoms with Gasteiger partial charge in [-0.15, -0.1) is 0 Å². The lowest BCUT2D eigenvalue weighted by Gasteiger charge is -2.23. The van der Waals surface area contributed by atoms with Crippen LogP contribution in [0.3, 0.4) is 0 Å². The number of carbonyl (C=O) groups is 1. The molecule has 0 saturated carbocycles. The van der Waals surface area contributed by atoms with Crippen molar-refractivity contribution < 1.29 is 9.72 Å². The average molecular weight is 412 g/mol. The number of carbonyl (C=O) groups excluding carboxylic acids is 1. The number of rotatable bonds is 8. The fourth-order valence-corrected chi connectivity index (χ4v) is 3.45. The van der Waals surface area contributed by atoms with Crippen molar-refractivity contribution >= 4 is 23.2 Å². The lowest BCUT2D eigenvalue weighted by Crippen LogP contribution is -2.32. The minimum Gasteiger partial charge on any atom is -0.345 e. The predicted octanol–water partition coefficient (Wildman–Crippen LogP) is 5.15. The van der Waals surface area contributed by atoms with Crippen LogP contribution in [0.2, 0.25) is 5.02 Å². The highest BCUT2D eigenvalue weighted by atomic mass is 35.5. The van der Waals surface area contributed by atoms with Crippen LogP contribution in [0.15, 0.2) is 66.9 Å². The third-order valence-electron chi connectivity index (χ3n) is 4.60. The minimum atomic E-state index is -0.489. The van der Waals surface area contributed by atoms with Gasteiger partial charge in [0.15, 0.2) is 0 Å². The van der Waals surface area contributed by atoms with Crippen molar-refractivity contribution in [1.82, 2.24) is 9.47 Å². The number of nitro groups is 1. The highest BCUT2D eigenvalue weighted by molar-refractivity contribution is 6.30. The number of non-ortho nitro benzene ring substituents is 1. The van der Waals surface area contributed by atoms with E-state index in [9.17, 15) is 14.9 Å². The molecule has 0 saturated heterocycles. The Hall–Kier alpha value is -3.12. The Morgan fingerprint density at radius 3 is 2.66 bits per heavy atom. The molecule has 1 amide bonds. The lowest BCUT2D eigenvalue weighted by atomic mass is 10.1. The average Bonchev–Trinajstić information content (AvgIpc) is 3.14. The Labute approximate surface area is 174 Å². The molecule has 1 aromatic heterocycles. The molecule has 0 bridgehead atoms. The van der Waals surface area contributed by atoms with E-state index in [1.807, 2.05) is 49.5 Å². The number of aromatic nitrogens is 1. The second kappa shape index (κ2) is 9.39. The van der Waals surface area contributed by atoms with Gasteiger partial charge < -0.3 is 9.47 Å². The second-order valence-corrected chi connectivity index (χ2v) is 7.23. The van der Waals surface area contributed by atoms with Crippen molar-refractivity contribution in [1.29, 1.82) is 0 Å². The largest absolute Gasteiger partial charge is 0.345 e. The molecule has 0 atom stereocenters. The minimum absolute atomic E-state index is 0.0865. The number of nitrogens with zero attached hydrogens (tertiary/aromatic N) is 3. The van der Waals surface area contributed by atoms with Crippen LogP contribution < -0.4 is 0 Å². The van der Waals surface area contributed by atoms with Gasteiger partial charge in [0.2, 0.25) is 0 Å². The van der Waals surface area contributed by atoms with Crippen molar-refractivity contribution in [2.75, 3.05) is 6.54 Å². The van der Waals surface area contributed by atoms with Gasteiger partial charge in [-0.25, -0.2) is 0 Å². The van der Waals surface area contributed by atoms with Crippen molar-refractivity contribution in [2.45, 2.75) is 26.4 Å². The van der Waals surface area contributed by atoms with Crippen LogP contribution in [0.25, 0.3) is 0 Å². The van der Waals surface area contributed by atoms with E-state index in [0.717, 1.165) is 17.7 Å². The van der Waals surface area contributed by atoms with E-state index in [-0.39, 0.29) is 11.6 Å². The Balaban J connectivity index is 1.81. The number of benzene rings is 2. The number of halogens is 1. The zero-order valence-electron chi connectivity index (χ0n) is 16.1. The predicted molar refractivity (Wildman–Crippen MR) is 113 cm³/mol. The van der Waals surface area contributed by atoms with E-state index in [2.05, 4.69) is 4.57 Å². The molecule has 0 N–H and O–H groups in total. The summed E-state index contributed by atoms with van der Waals surface area (Å²) in [6, 6.07) is 17.5. The summed E-state index contributed by atoms with van der Waals surface area (Å²) >= 11 is 6.08. The molecule has 3 rings (SSSR count). The Kier molecular flexibility index (Phi) is 6.67. The van der Waals surface area contributed by atoms with Gasteiger partial charge in [0, 0.05) is 47.7 Å². The topological polar surface area (TPSA) is 68.4 Å². The molecule has 0 fully saturated rings. The molecule has 29 heavy (non-hydrogen) atoms. The molecule has 150 valence electrons. The first-order valence-electron chi connectivity index (χ1n) is 9.40. The van der Waals surface area contributed by atoms with Gasteiger partial charge in [0.25, 0.3) is 11.6 Å². The number of amides is 1. The fourth-order valence-electron chi connectivity index (χ4n) is 3.23. The van der Waals surface area contributed by atoms with Gasteiger partial charge in [-0.05, 0) is 42.3 Å². The zero-order chi connectivity index (χ0) is 20.8. The van der Waals surface area contributed by atoms with Gasteiger partial charge in [0.05, 0.1) is 11.5 Å². The van der Waals surface area contributed by atoms with Gasteiger partial charge in [-0.2, -0.15) is 0 Å². The maximum atomic E-state index is 13.0. The van der Waals surface area contributed by atoms with Crippen molar-refractivity contribution in [3.05, 3.63) is 98.8 Å². The Morgan fingerprint density at radius 1 is 1.14 bits per heavy atom. The third kappa shape index (κ3) is 5.23. The second-order valence-electron chi connectivity index (χ2n) is 6.79. The number of nitro benzene ring substituents is 1. The van der Waals surface area contributed by atoms with Crippen molar-refractivity contribution in [2.24, 2.45) is 0 Å². The summed E-state index contributed by atoms with van der Waals surface area (Å²) in [6.45, 7) is 3.62. The molecule has 0 spiro atoms. The Bertz CT molecular complexity index is 1020. The van der Waals surface area contributed by atoms with Crippen LogP contribution >= 0.6 is 11.6 Å². The van der Waals surface area contributed by atoms with Crippen LogP contribution in [0.5, 0.6) is 0 Å². The van der Waals surface area contributed by atoms with Crippen LogP contribution in [0, 0.1) is 10.1 Å². The first kappa shape index (κ1) is 20.6. The van der Waals surface area contributed by atoms with Crippen LogP contribution in [-0.2, 0) is 13.1 Å². The standard InChI is InChI=1S/C22H22ClN3O3/c1-2-11-25(22(27)18-7-4-9-20(14-18)26(28)29)16-21-10-5-12-24(21)15-17-6-3-8-19(23)13-17/h3-10,12-14H,2,11,15-16H2,1H3. The summed E-state index contributed by atoms with van der Waals surface area (Å²) in [7, 11) is 0.